The molecule has 0 bridgehead atoms. The summed E-state index contributed by atoms with van der Waals surface area (Å²) in [4.78, 5) is 30.0. The SMILES string of the molecule is C=CC(=O)N1CC(N2CCN(C(=O)CNc3ccc(Cl)cc3OC)CC2)C1.CC.CC1CCC1. The molecule has 4 rings (SSSR count). The third-order valence-electron chi connectivity index (χ3n) is 6.52. The molecule has 0 radical (unpaired) electrons. The Morgan fingerprint density at radius 2 is 1.76 bits per heavy atom. The van der Waals surface area contributed by atoms with E-state index in [1.54, 1.807) is 30.2 Å². The van der Waals surface area contributed by atoms with E-state index >= 15 is 0 Å². The first-order chi connectivity index (χ1) is 16.4. The normalized spacial score (nSPS) is 18.3. The summed E-state index contributed by atoms with van der Waals surface area (Å²) in [5.41, 5.74) is 0.746. The maximum Gasteiger partial charge on any atom is 0.246 e. The predicted molar refractivity (Wildman–Crippen MR) is 140 cm³/mol. The average Bonchev–Trinajstić information content (AvgIpc) is 2.82. The molecule has 2 saturated heterocycles. The number of methoxy groups -OCH3 is 1. The van der Waals surface area contributed by atoms with E-state index in [0.717, 1.165) is 37.8 Å². The number of anilines is 1. The Morgan fingerprint density at radius 3 is 2.26 bits per heavy atom. The third kappa shape index (κ3) is 7.91. The summed E-state index contributed by atoms with van der Waals surface area (Å²) in [5, 5.41) is 3.71. The molecule has 1 saturated carbocycles. The van der Waals surface area contributed by atoms with Crippen LogP contribution in [0.1, 0.15) is 40.0 Å². The van der Waals surface area contributed by atoms with Crippen molar-refractivity contribution in [2.24, 2.45) is 5.92 Å². The molecule has 7 nitrogen and oxygen atoms in total. The molecule has 3 aliphatic rings. The van der Waals surface area contributed by atoms with E-state index in [-0.39, 0.29) is 18.4 Å². The third-order valence-corrected chi connectivity index (χ3v) is 6.75. The lowest BCUT2D eigenvalue weighted by molar-refractivity contribution is -0.135. The van der Waals surface area contributed by atoms with Gasteiger partial charge in [-0.3, -0.25) is 14.5 Å². The van der Waals surface area contributed by atoms with Crippen LogP contribution in [0.4, 0.5) is 5.69 Å². The van der Waals surface area contributed by atoms with Crippen LogP contribution < -0.4 is 10.1 Å². The fourth-order valence-electron chi connectivity index (χ4n) is 4.04. The standard InChI is InChI=1S/C19H25ClN4O3.C5H10.C2H6/c1-3-18(25)24-12-15(13-24)22-6-8-23(9-7-22)19(26)11-21-16-5-4-14(20)10-17(16)27-2;1-5-3-2-4-5;1-2/h3-5,10,15,21H,1,6-9,11-13H2,2H3;5H,2-4H2,1H3;1-2H3. The Bertz CT molecular complexity index is 801. The predicted octanol–water partition coefficient (Wildman–Crippen LogP) is 4.13. The molecular formula is C26H41ClN4O3. The lowest BCUT2D eigenvalue weighted by Crippen LogP contribution is -2.64. The van der Waals surface area contributed by atoms with Crippen molar-refractivity contribution in [1.29, 1.82) is 0 Å². The zero-order valence-corrected chi connectivity index (χ0v) is 21.9. The van der Waals surface area contributed by atoms with Crippen molar-refractivity contribution in [2.45, 2.75) is 46.1 Å². The van der Waals surface area contributed by atoms with Crippen molar-refractivity contribution in [3.63, 3.8) is 0 Å². The smallest absolute Gasteiger partial charge is 0.246 e. The summed E-state index contributed by atoms with van der Waals surface area (Å²) < 4.78 is 5.28. The monoisotopic (exact) mass is 492 g/mol. The van der Waals surface area contributed by atoms with E-state index in [9.17, 15) is 9.59 Å². The number of benzene rings is 1. The summed E-state index contributed by atoms with van der Waals surface area (Å²) in [5.74, 6) is 1.73. The number of ether oxygens (including phenoxy) is 1. The van der Waals surface area contributed by atoms with Crippen LogP contribution in [-0.2, 0) is 9.59 Å². The van der Waals surface area contributed by atoms with Crippen LogP contribution in [0.3, 0.4) is 0 Å². The number of hydrogen-bond donors (Lipinski definition) is 1. The largest absolute Gasteiger partial charge is 0.495 e. The van der Waals surface area contributed by atoms with Crippen LogP contribution in [0.5, 0.6) is 5.75 Å². The lowest BCUT2D eigenvalue weighted by Gasteiger charge is -2.47. The molecule has 0 atom stereocenters. The second-order valence-electron chi connectivity index (χ2n) is 8.75. The minimum Gasteiger partial charge on any atom is -0.495 e. The van der Waals surface area contributed by atoms with Crippen LogP contribution in [0, 0.1) is 5.92 Å². The van der Waals surface area contributed by atoms with Crippen molar-refractivity contribution in [2.75, 3.05) is 58.2 Å². The topological polar surface area (TPSA) is 65.1 Å². The number of hydrogen-bond acceptors (Lipinski definition) is 5. The number of halogens is 1. The van der Waals surface area contributed by atoms with E-state index in [1.807, 2.05) is 18.7 Å². The number of nitrogens with zero attached hydrogens (tertiary/aromatic N) is 3. The first kappa shape index (κ1) is 28.0. The second-order valence-corrected chi connectivity index (χ2v) is 9.19. The van der Waals surface area contributed by atoms with Gasteiger partial charge in [0.15, 0.2) is 0 Å². The average molecular weight is 493 g/mol. The van der Waals surface area contributed by atoms with Crippen molar-refractivity contribution >= 4 is 29.1 Å². The van der Waals surface area contributed by atoms with Gasteiger partial charge in [0.25, 0.3) is 0 Å². The Labute approximate surface area is 210 Å². The van der Waals surface area contributed by atoms with Gasteiger partial charge in [0, 0.05) is 56.4 Å². The molecule has 1 aromatic carbocycles. The quantitative estimate of drug-likeness (QED) is 0.605. The van der Waals surface area contributed by atoms with E-state index in [0.29, 0.717) is 29.9 Å². The highest BCUT2D eigenvalue weighted by atomic mass is 35.5. The fraction of sp³-hybridized carbons (Fsp3) is 0.615. The zero-order chi connectivity index (χ0) is 25.1. The molecule has 8 heteroatoms. The Hall–Kier alpha value is -2.25. The molecule has 1 aromatic rings. The van der Waals surface area contributed by atoms with Crippen LogP contribution >= 0.6 is 11.6 Å². The number of piperazine rings is 1. The van der Waals surface area contributed by atoms with E-state index in [4.69, 9.17) is 16.3 Å². The Balaban J connectivity index is 0.000000507. The summed E-state index contributed by atoms with van der Waals surface area (Å²) in [6.45, 7) is 14.6. The Morgan fingerprint density at radius 1 is 1.15 bits per heavy atom. The van der Waals surface area contributed by atoms with Gasteiger partial charge in [0.05, 0.1) is 19.3 Å². The van der Waals surface area contributed by atoms with Crippen LogP contribution in [0.25, 0.3) is 0 Å². The summed E-state index contributed by atoms with van der Waals surface area (Å²) in [7, 11) is 1.57. The molecule has 1 aliphatic carbocycles. The second kappa shape index (κ2) is 14.2. The summed E-state index contributed by atoms with van der Waals surface area (Å²) >= 11 is 5.96. The lowest BCUT2D eigenvalue weighted by atomic mass is 9.88. The van der Waals surface area contributed by atoms with Crippen molar-refractivity contribution in [1.82, 2.24) is 14.7 Å². The molecule has 190 valence electrons. The van der Waals surface area contributed by atoms with Gasteiger partial charge in [0.2, 0.25) is 11.8 Å². The summed E-state index contributed by atoms with van der Waals surface area (Å²) in [6.07, 6.45) is 5.82. The van der Waals surface area contributed by atoms with Crippen molar-refractivity contribution < 1.29 is 14.3 Å². The highest BCUT2D eigenvalue weighted by molar-refractivity contribution is 6.30. The molecule has 0 aromatic heterocycles. The zero-order valence-electron chi connectivity index (χ0n) is 21.2. The molecule has 2 heterocycles. The van der Waals surface area contributed by atoms with E-state index in [2.05, 4.69) is 23.7 Å². The molecule has 2 aliphatic heterocycles. The maximum absolute atomic E-state index is 12.5. The van der Waals surface area contributed by atoms with Gasteiger partial charge < -0.3 is 19.9 Å². The highest BCUT2D eigenvalue weighted by Crippen LogP contribution is 2.27. The van der Waals surface area contributed by atoms with Crippen molar-refractivity contribution in [3.8, 4) is 5.75 Å². The van der Waals surface area contributed by atoms with Gasteiger partial charge in [0.1, 0.15) is 5.75 Å². The number of nitrogens with one attached hydrogen (secondary N) is 1. The molecule has 0 unspecified atom stereocenters. The van der Waals surface area contributed by atoms with Crippen LogP contribution in [0.15, 0.2) is 30.9 Å². The van der Waals surface area contributed by atoms with Gasteiger partial charge >= 0.3 is 0 Å². The van der Waals surface area contributed by atoms with Crippen molar-refractivity contribution in [3.05, 3.63) is 35.9 Å². The van der Waals surface area contributed by atoms with Gasteiger partial charge in [-0.1, -0.05) is 58.2 Å². The van der Waals surface area contributed by atoms with Crippen LogP contribution in [-0.4, -0.2) is 85.5 Å². The molecular weight excluding hydrogens is 452 g/mol. The molecule has 3 fully saturated rings. The fourth-order valence-corrected chi connectivity index (χ4v) is 4.20. The summed E-state index contributed by atoms with van der Waals surface area (Å²) in [6, 6.07) is 5.67. The Kier molecular flexibility index (Phi) is 11.7. The van der Waals surface area contributed by atoms with Crippen LogP contribution in [0.2, 0.25) is 5.02 Å². The highest BCUT2D eigenvalue weighted by Gasteiger charge is 2.35. The first-order valence-corrected chi connectivity index (χ1v) is 12.8. The van der Waals surface area contributed by atoms with Gasteiger partial charge in [-0.15, -0.1) is 0 Å². The number of likely N-dealkylation sites (tertiary alicyclic amines) is 1. The number of carbonyl (C=O) groups is 2. The van der Waals surface area contributed by atoms with E-state index in [1.165, 1.54) is 25.3 Å². The molecule has 34 heavy (non-hydrogen) atoms. The molecule has 1 N–H and O–H groups in total. The minimum absolute atomic E-state index is 0.0104. The molecule has 2 amide bonds. The number of carbonyl (C=O) groups excluding carboxylic acids is 2. The van der Waals surface area contributed by atoms with Gasteiger partial charge in [-0.2, -0.15) is 0 Å². The van der Waals surface area contributed by atoms with Gasteiger partial charge in [-0.05, 0) is 24.1 Å². The van der Waals surface area contributed by atoms with E-state index < -0.39 is 0 Å². The maximum atomic E-state index is 12.5. The first-order valence-electron chi connectivity index (χ1n) is 12.4. The number of amides is 2. The molecule has 0 spiro atoms. The van der Waals surface area contributed by atoms with Gasteiger partial charge in [-0.25, -0.2) is 0 Å². The minimum atomic E-state index is -0.0104. The number of rotatable bonds is 6.